The Balaban J connectivity index is 1.42. The minimum Gasteiger partial charge on any atom is -0.392 e. The Morgan fingerprint density at radius 3 is 2.25 bits per heavy atom. The van der Waals surface area contributed by atoms with E-state index in [1.807, 2.05) is 12.1 Å². The minimum absolute atomic E-state index is 0.0676. The van der Waals surface area contributed by atoms with Crippen LogP contribution in [-0.2, 0) is 33.7 Å². The van der Waals surface area contributed by atoms with E-state index in [0.29, 0.717) is 17.8 Å². The van der Waals surface area contributed by atoms with E-state index in [1.165, 1.54) is 17.2 Å². The second-order valence-corrected chi connectivity index (χ2v) is 7.44. The van der Waals surface area contributed by atoms with Gasteiger partial charge < -0.3 is 10.0 Å². The lowest BCUT2D eigenvalue weighted by Crippen LogP contribution is -2.48. The standard InChI is InChI=1S/C20H25N5O3/c1-22-16-11-17(21-18(16)19(27)23(2)20(22)28)25-9-7-24(8-10-25)12-14-3-5-15(13-26)6-4-14/h3-6,26H,7-13H2,1-2H3. The van der Waals surface area contributed by atoms with Gasteiger partial charge in [0.05, 0.1) is 12.3 Å². The van der Waals surface area contributed by atoms with Crippen molar-refractivity contribution < 1.29 is 5.11 Å². The van der Waals surface area contributed by atoms with E-state index in [9.17, 15) is 9.59 Å². The number of aliphatic hydroxyl groups is 1. The number of aromatic nitrogens is 2. The van der Waals surface area contributed by atoms with Crippen molar-refractivity contribution >= 4 is 11.5 Å². The number of fused-ring (bicyclic) bond motifs is 1. The number of rotatable bonds is 3. The lowest BCUT2D eigenvalue weighted by molar-refractivity contribution is 0.174. The van der Waals surface area contributed by atoms with Crippen molar-refractivity contribution in [1.82, 2.24) is 18.9 Å². The Morgan fingerprint density at radius 2 is 1.61 bits per heavy atom. The van der Waals surface area contributed by atoms with Gasteiger partial charge in [0.1, 0.15) is 5.84 Å². The fourth-order valence-corrected chi connectivity index (χ4v) is 3.86. The third kappa shape index (κ3) is 3.29. The number of hydrogen-bond acceptors (Lipinski definition) is 6. The fourth-order valence-electron chi connectivity index (χ4n) is 3.86. The molecule has 8 nitrogen and oxygen atoms in total. The average Bonchev–Trinajstić information content (AvgIpc) is 3.17. The van der Waals surface area contributed by atoms with Gasteiger partial charge in [-0.1, -0.05) is 24.3 Å². The summed E-state index contributed by atoms with van der Waals surface area (Å²) in [7, 11) is 3.18. The molecule has 0 radical (unpaired) electrons. The van der Waals surface area contributed by atoms with Crippen molar-refractivity contribution in [2.45, 2.75) is 19.6 Å². The van der Waals surface area contributed by atoms with E-state index in [4.69, 9.17) is 5.11 Å². The molecule has 1 saturated heterocycles. The highest BCUT2D eigenvalue weighted by molar-refractivity contribution is 5.91. The van der Waals surface area contributed by atoms with Crippen molar-refractivity contribution in [3.05, 3.63) is 61.9 Å². The summed E-state index contributed by atoms with van der Waals surface area (Å²) >= 11 is 0. The molecule has 3 heterocycles. The van der Waals surface area contributed by atoms with Crippen molar-refractivity contribution in [2.24, 2.45) is 19.1 Å². The number of hydrogen-bond donors (Lipinski definition) is 1. The van der Waals surface area contributed by atoms with E-state index < -0.39 is 0 Å². The molecule has 0 atom stereocenters. The zero-order valence-corrected chi connectivity index (χ0v) is 16.3. The lowest BCUT2D eigenvalue weighted by atomic mass is 10.1. The zero-order valence-electron chi connectivity index (χ0n) is 16.3. The molecule has 1 N–H and O–H groups in total. The van der Waals surface area contributed by atoms with E-state index in [-0.39, 0.29) is 17.9 Å². The molecule has 8 heteroatoms. The molecule has 0 spiro atoms. The number of amidine groups is 1. The summed E-state index contributed by atoms with van der Waals surface area (Å²) in [5, 5.41) is 9.15. The zero-order chi connectivity index (χ0) is 19.8. The van der Waals surface area contributed by atoms with Gasteiger partial charge in [0, 0.05) is 53.2 Å². The molecule has 2 aliphatic heterocycles. The highest BCUT2D eigenvalue weighted by Crippen LogP contribution is 2.23. The SMILES string of the molecule is Cn1c2c(c(=O)n(C)c1=O)N=C(N1CCN(Cc3ccc(CO)cc3)CC1)C2. The molecule has 0 saturated carbocycles. The van der Waals surface area contributed by atoms with Gasteiger partial charge in [-0.15, -0.1) is 0 Å². The molecule has 28 heavy (non-hydrogen) atoms. The van der Waals surface area contributed by atoms with E-state index >= 15 is 0 Å². The van der Waals surface area contributed by atoms with Crippen LogP contribution in [0.1, 0.15) is 16.8 Å². The molecule has 0 bridgehead atoms. The Labute approximate surface area is 163 Å². The molecule has 1 aromatic heterocycles. The first-order valence-corrected chi connectivity index (χ1v) is 9.50. The lowest BCUT2D eigenvalue weighted by Gasteiger charge is -2.36. The van der Waals surface area contributed by atoms with Gasteiger partial charge in [-0.3, -0.25) is 18.8 Å². The summed E-state index contributed by atoms with van der Waals surface area (Å²) in [5.41, 5.74) is 2.62. The van der Waals surface area contributed by atoms with Crippen LogP contribution in [0, 0.1) is 0 Å². The Morgan fingerprint density at radius 1 is 0.964 bits per heavy atom. The predicted molar refractivity (Wildman–Crippen MR) is 107 cm³/mol. The molecule has 1 fully saturated rings. The third-order valence-electron chi connectivity index (χ3n) is 5.67. The van der Waals surface area contributed by atoms with Crippen LogP contribution >= 0.6 is 0 Å². The summed E-state index contributed by atoms with van der Waals surface area (Å²) in [6, 6.07) is 8.04. The van der Waals surface area contributed by atoms with Crippen LogP contribution < -0.4 is 11.2 Å². The second kappa shape index (κ2) is 7.37. The van der Waals surface area contributed by atoms with Crippen LogP contribution in [0.25, 0.3) is 0 Å². The van der Waals surface area contributed by atoms with E-state index in [2.05, 4.69) is 26.9 Å². The molecular weight excluding hydrogens is 358 g/mol. The first-order valence-electron chi connectivity index (χ1n) is 9.50. The minimum atomic E-state index is -0.321. The summed E-state index contributed by atoms with van der Waals surface area (Å²) in [6.45, 7) is 4.45. The molecule has 1 aromatic carbocycles. The van der Waals surface area contributed by atoms with Crippen LogP contribution in [0.15, 0.2) is 38.8 Å². The molecule has 0 aliphatic carbocycles. The molecule has 0 amide bonds. The van der Waals surface area contributed by atoms with Gasteiger partial charge >= 0.3 is 5.69 Å². The normalized spacial score (nSPS) is 17.0. The maximum absolute atomic E-state index is 12.4. The summed E-state index contributed by atoms with van der Waals surface area (Å²) in [4.78, 5) is 33.7. The highest BCUT2D eigenvalue weighted by atomic mass is 16.3. The number of nitrogens with zero attached hydrogens (tertiary/aromatic N) is 5. The summed E-state index contributed by atoms with van der Waals surface area (Å²) in [5.74, 6) is 0.875. The first kappa shape index (κ1) is 18.6. The molecule has 0 unspecified atom stereocenters. The average molecular weight is 383 g/mol. The number of aliphatic imine (C=N–C) groups is 1. The number of benzene rings is 1. The highest BCUT2D eigenvalue weighted by Gasteiger charge is 2.28. The largest absolute Gasteiger partial charge is 0.392 e. The first-order chi connectivity index (χ1) is 13.5. The van der Waals surface area contributed by atoms with Gasteiger partial charge in [0.15, 0.2) is 5.69 Å². The monoisotopic (exact) mass is 383 g/mol. The maximum Gasteiger partial charge on any atom is 0.330 e. The van der Waals surface area contributed by atoms with E-state index in [0.717, 1.165) is 48.7 Å². The third-order valence-corrected chi connectivity index (χ3v) is 5.67. The van der Waals surface area contributed by atoms with Gasteiger partial charge in [0.2, 0.25) is 0 Å². The number of piperazine rings is 1. The summed E-state index contributed by atoms with van der Waals surface area (Å²) < 4.78 is 2.64. The van der Waals surface area contributed by atoms with Crippen LogP contribution in [0.2, 0.25) is 0 Å². The Hall–Kier alpha value is -2.71. The van der Waals surface area contributed by atoms with Crippen molar-refractivity contribution in [1.29, 1.82) is 0 Å². The van der Waals surface area contributed by atoms with Gasteiger partial charge in [-0.05, 0) is 11.1 Å². The van der Waals surface area contributed by atoms with Gasteiger partial charge in [-0.25, -0.2) is 9.79 Å². The molecule has 148 valence electrons. The Bertz CT molecular complexity index is 1030. The van der Waals surface area contributed by atoms with Gasteiger partial charge in [-0.2, -0.15) is 0 Å². The van der Waals surface area contributed by atoms with Crippen LogP contribution in [-0.4, -0.2) is 56.1 Å². The van der Waals surface area contributed by atoms with Crippen molar-refractivity contribution in [3.8, 4) is 0 Å². The maximum atomic E-state index is 12.4. The quantitative estimate of drug-likeness (QED) is 0.806. The molecular formula is C20H25N5O3. The summed E-state index contributed by atoms with van der Waals surface area (Å²) in [6.07, 6.45) is 0.528. The Kier molecular flexibility index (Phi) is 4.91. The number of aliphatic hydroxyl groups excluding tert-OH is 1. The van der Waals surface area contributed by atoms with Gasteiger partial charge in [0.25, 0.3) is 5.56 Å². The predicted octanol–water partition coefficient (Wildman–Crippen LogP) is -0.0198. The smallest absolute Gasteiger partial charge is 0.330 e. The van der Waals surface area contributed by atoms with Crippen LogP contribution in [0.4, 0.5) is 5.69 Å². The van der Waals surface area contributed by atoms with Crippen molar-refractivity contribution in [2.75, 3.05) is 26.2 Å². The molecule has 2 aromatic rings. The second-order valence-electron chi connectivity index (χ2n) is 7.44. The van der Waals surface area contributed by atoms with Crippen molar-refractivity contribution in [3.63, 3.8) is 0 Å². The molecule has 2 aliphatic rings. The van der Waals surface area contributed by atoms with Crippen LogP contribution in [0.5, 0.6) is 0 Å². The van der Waals surface area contributed by atoms with Crippen LogP contribution in [0.3, 0.4) is 0 Å². The fraction of sp³-hybridized carbons (Fsp3) is 0.450. The topological polar surface area (TPSA) is 83.1 Å². The molecule has 4 rings (SSSR count). The van der Waals surface area contributed by atoms with E-state index in [1.54, 1.807) is 7.05 Å².